The third kappa shape index (κ3) is 4.49. The van der Waals surface area contributed by atoms with Gasteiger partial charge < -0.3 is 10.4 Å². The summed E-state index contributed by atoms with van der Waals surface area (Å²) in [6.45, 7) is 3.29. The lowest BCUT2D eigenvalue weighted by atomic mass is 10.0. The van der Waals surface area contributed by atoms with Crippen LogP contribution in [0.3, 0.4) is 0 Å². The van der Waals surface area contributed by atoms with Crippen molar-refractivity contribution in [3.05, 3.63) is 22.8 Å². The number of aliphatic hydroxyl groups is 1. The number of aromatic nitrogens is 1. The average Bonchev–Trinajstić information content (AvgIpc) is 2.28. The zero-order valence-corrected chi connectivity index (χ0v) is 11.2. The van der Waals surface area contributed by atoms with Crippen LogP contribution < -0.4 is 5.32 Å². The standard InChI is InChI=1S/C12H19BrN2O/c1-2-4-10(6-8-16)9-15-12-11(13)5-3-7-14-12/h3,5,7,10,16H,2,4,6,8-9H2,1H3,(H,14,15). The van der Waals surface area contributed by atoms with Crippen LogP contribution in [-0.2, 0) is 0 Å². The molecule has 3 nitrogen and oxygen atoms in total. The first-order valence-electron chi connectivity index (χ1n) is 5.73. The Morgan fingerprint density at radius 1 is 1.50 bits per heavy atom. The normalized spacial score (nSPS) is 12.4. The van der Waals surface area contributed by atoms with Gasteiger partial charge in [0.1, 0.15) is 5.82 Å². The summed E-state index contributed by atoms with van der Waals surface area (Å²) >= 11 is 3.45. The second-order valence-electron chi connectivity index (χ2n) is 3.88. The molecule has 0 aliphatic heterocycles. The number of nitrogens with one attached hydrogen (secondary N) is 1. The molecule has 1 rings (SSSR count). The summed E-state index contributed by atoms with van der Waals surface area (Å²) in [7, 11) is 0. The molecule has 4 heteroatoms. The highest BCUT2D eigenvalue weighted by molar-refractivity contribution is 9.10. The Hall–Kier alpha value is -0.610. The van der Waals surface area contributed by atoms with E-state index < -0.39 is 0 Å². The highest BCUT2D eigenvalue weighted by Gasteiger charge is 2.08. The zero-order chi connectivity index (χ0) is 11.8. The molecule has 0 radical (unpaired) electrons. The average molecular weight is 287 g/mol. The minimum absolute atomic E-state index is 0.260. The van der Waals surface area contributed by atoms with Crippen molar-refractivity contribution in [2.75, 3.05) is 18.5 Å². The van der Waals surface area contributed by atoms with Gasteiger partial charge in [-0.25, -0.2) is 4.98 Å². The van der Waals surface area contributed by atoms with Crippen molar-refractivity contribution in [1.29, 1.82) is 0 Å². The van der Waals surface area contributed by atoms with Gasteiger partial charge in [0.15, 0.2) is 0 Å². The van der Waals surface area contributed by atoms with E-state index in [1.807, 2.05) is 12.1 Å². The van der Waals surface area contributed by atoms with Crippen LogP contribution in [0.1, 0.15) is 26.2 Å². The first-order valence-corrected chi connectivity index (χ1v) is 6.52. The fraction of sp³-hybridized carbons (Fsp3) is 0.583. The van der Waals surface area contributed by atoms with Gasteiger partial charge in [-0.3, -0.25) is 0 Å². The van der Waals surface area contributed by atoms with Crippen LogP contribution in [0.5, 0.6) is 0 Å². The Bertz CT molecular complexity index is 301. The van der Waals surface area contributed by atoms with Crippen LogP contribution in [0.4, 0.5) is 5.82 Å². The van der Waals surface area contributed by atoms with Gasteiger partial charge in [-0.05, 0) is 46.8 Å². The van der Waals surface area contributed by atoms with Crippen molar-refractivity contribution < 1.29 is 5.11 Å². The molecular formula is C12H19BrN2O. The highest BCUT2D eigenvalue weighted by atomic mass is 79.9. The quantitative estimate of drug-likeness (QED) is 0.810. The van der Waals surface area contributed by atoms with E-state index in [1.54, 1.807) is 6.20 Å². The Kier molecular flexibility index (Phi) is 6.42. The summed E-state index contributed by atoms with van der Waals surface area (Å²) in [5.41, 5.74) is 0. The van der Waals surface area contributed by atoms with Gasteiger partial charge in [0, 0.05) is 19.3 Å². The molecule has 0 aliphatic rings. The number of rotatable bonds is 7. The zero-order valence-electron chi connectivity index (χ0n) is 9.62. The Labute approximate surface area is 105 Å². The lowest BCUT2D eigenvalue weighted by Crippen LogP contribution is -2.16. The van der Waals surface area contributed by atoms with Crippen molar-refractivity contribution in [3.63, 3.8) is 0 Å². The maximum atomic E-state index is 8.96. The molecule has 0 spiro atoms. The molecule has 0 saturated carbocycles. The summed E-state index contributed by atoms with van der Waals surface area (Å²) in [5, 5.41) is 12.3. The molecule has 0 amide bonds. The van der Waals surface area contributed by atoms with E-state index in [2.05, 4.69) is 33.2 Å². The summed E-state index contributed by atoms with van der Waals surface area (Å²) in [5.74, 6) is 1.39. The van der Waals surface area contributed by atoms with Crippen molar-refractivity contribution in [1.82, 2.24) is 4.98 Å². The van der Waals surface area contributed by atoms with E-state index in [0.29, 0.717) is 5.92 Å². The summed E-state index contributed by atoms with van der Waals surface area (Å²) < 4.78 is 0.981. The Balaban J connectivity index is 2.45. The molecule has 2 N–H and O–H groups in total. The second kappa shape index (κ2) is 7.63. The highest BCUT2D eigenvalue weighted by Crippen LogP contribution is 2.19. The number of pyridine rings is 1. The van der Waals surface area contributed by atoms with E-state index in [4.69, 9.17) is 5.11 Å². The molecule has 90 valence electrons. The van der Waals surface area contributed by atoms with E-state index in [1.165, 1.54) is 0 Å². The van der Waals surface area contributed by atoms with Crippen LogP contribution in [0.2, 0.25) is 0 Å². The van der Waals surface area contributed by atoms with Gasteiger partial charge in [0.25, 0.3) is 0 Å². The largest absolute Gasteiger partial charge is 0.396 e. The molecule has 0 aromatic carbocycles. The molecule has 1 heterocycles. The predicted octanol–water partition coefficient (Wildman–Crippen LogP) is 3.05. The first-order chi connectivity index (χ1) is 7.77. The van der Waals surface area contributed by atoms with E-state index in [9.17, 15) is 0 Å². The lowest BCUT2D eigenvalue weighted by Gasteiger charge is -2.16. The maximum absolute atomic E-state index is 8.96. The predicted molar refractivity (Wildman–Crippen MR) is 70.5 cm³/mol. The number of hydrogen-bond donors (Lipinski definition) is 2. The summed E-state index contributed by atoms with van der Waals surface area (Å²) in [6.07, 6.45) is 4.91. The Morgan fingerprint density at radius 2 is 2.31 bits per heavy atom. The number of halogens is 1. The summed E-state index contributed by atoms with van der Waals surface area (Å²) in [6, 6.07) is 3.86. The molecule has 1 unspecified atom stereocenters. The Morgan fingerprint density at radius 3 is 2.94 bits per heavy atom. The second-order valence-corrected chi connectivity index (χ2v) is 4.74. The molecule has 16 heavy (non-hydrogen) atoms. The third-order valence-electron chi connectivity index (χ3n) is 2.55. The molecule has 1 aromatic rings. The molecule has 0 saturated heterocycles. The molecule has 1 atom stereocenters. The van der Waals surface area contributed by atoms with Gasteiger partial charge in [-0.1, -0.05) is 13.3 Å². The number of hydrogen-bond acceptors (Lipinski definition) is 3. The minimum atomic E-state index is 0.260. The fourth-order valence-corrected chi connectivity index (χ4v) is 2.09. The number of nitrogens with zero attached hydrogens (tertiary/aromatic N) is 1. The van der Waals surface area contributed by atoms with E-state index >= 15 is 0 Å². The SMILES string of the molecule is CCCC(CCO)CNc1ncccc1Br. The van der Waals surface area contributed by atoms with Gasteiger partial charge in [-0.15, -0.1) is 0 Å². The van der Waals surface area contributed by atoms with Crippen LogP contribution in [0, 0.1) is 5.92 Å². The fourth-order valence-electron chi connectivity index (χ4n) is 1.70. The smallest absolute Gasteiger partial charge is 0.140 e. The third-order valence-corrected chi connectivity index (χ3v) is 3.19. The molecule has 0 fully saturated rings. The number of anilines is 1. The van der Waals surface area contributed by atoms with Gasteiger partial charge in [-0.2, -0.15) is 0 Å². The van der Waals surface area contributed by atoms with E-state index in [0.717, 1.165) is 36.1 Å². The van der Waals surface area contributed by atoms with E-state index in [-0.39, 0.29) is 6.61 Å². The van der Waals surface area contributed by atoms with Gasteiger partial charge in [0.2, 0.25) is 0 Å². The number of aliphatic hydroxyl groups excluding tert-OH is 1. The monoisotopic (exact) mass is 286 g/mol. The van der Waals surface area contributed by atoms with Crippen molar-refractivity contribution in [3.8, 4) is 0 Å². The lowest BCUT2D eigenvalue weighted by molar-refractivity contribution is 0.255. The van der Waals surface area contributed by atoms with Crippen molar-refractivity contribution in [2.24, 2.45) is 5.92 Å². The van der Waals surface area contributed by atoms with Gasteiger partial charge >= 0.3 is 0 Å². The maximum Gasteiger partial charge on any atom is 0.140 e. The van der Waals surface area contributed by atoms with Gasteiger partial charge in [0.05, 0.1) is 4.47 Å². The van der Waals surface area contributed by atoms with Crippen molar-refractivity contribution in [2.45, 2.75) is 26.2 Å². The first kappa shape index (κ1) is 13.5. The summed E-state index contributed by atoms with van der Waals surface area (Å²) in [4.78, 5) is 4.25. The van der Waals surface area contributed by atoms with Crippen LogP contribution in [0.15, 0.2) is 22.8 Å². The molecule has 1 aromatic heterocycles. The van der Waals surface area contributed by atoms with Crippen LogP contribution in [-0.4, -0.2) is 23.2 Å². The van der Waals surface area contributed by atoms with Crippen LogP contribution >= 0.6 is 15.9 Å². The molecule has 0 aliphatic carbocycles. The van der Waals surface area contributed by atoms with Crippen molar-refractivity contribution >= 4 is 21.7 Å². The molecule has 0 bridgehead atoms. The minimum Gasteiger partial charge on any atom is -0.396 e. The topological polar surface area (TPSA) is 45.1 Å². The molecular weight excluding hydrogens is 268 g/mol. The van der Waals surface area contributed by atoms with Crippen LogP contribution in [0.25, 0.3) is 0 Å².